The Balaban J connectivity index is 2.35. The fraction of sp³-hybridized carbons (Fsp3) is 0.125. The largest absolute Gasteiger partial charge is 0.545 e. The van der Waals surface area contributed by atoms with Crippen molar-refractivity contribution in [3.8, 4) is 5.75 Å². The molecule has 0 saturated heterocycles. The molecule has 8 heteroatoms. The Bertz CT molecular complexity index is 803. The van der Waals surface area contributed by atoms with Crippen LogP contribution >= 0.6 is 0 Å². The third kappa shape index (κ3) is 3.86. The van der Waals surface area contributed by atoms with Crippen molar-refractivity contribution >= 4 is 23.3 Å². The maximum atomic E-state index is 12.3. The lowest BCUT2D eigenvalue weighted by Crippen LogP contribution is -2.26. The Kier molecular flexibility index (Phi) is 5.10. The van der Waals surface area contributed by atoms with Crippen LogP contribution in [0.15, 0.2) is 42.5 Å². The number of carbonyl (C=O) groups excluding carboxylic acids is 2. The summed E-state index contributed by atoms with van der Waals surface area (Å²) in [6.45, 7) is 2.01. The third-order valence-electron chi connectivity index (χ3n) is 3.06. The van der Waals surface area contributed by atoms with Crippen LogP contribution in [0.5, 0.6) is 5.75 Å². The lowest BCUT2D eigenvalue weighted by Gasteiger charge is -2.11. The van der Waals surface area contributed by atoms with E-state index in [0.717, 1.165) is 6.07 Å². The SMILES string of the molecule is CCOc1cc(NC(=O)c2ccccc2C(=O)[O-])cc([N+](=O)[O-])c1. The molecule has 0 atom stereocenters. The number of nitrogens with one attached hydrogen (secondary N) is 1. The molecule has 0 fully saturated rings. The van der Waals surface area contributed by atoms with Gasteiger partial charge < -0.3 is 20.0 Å². The molecular weight excluding hydrogens is 316 g/mol. The highest BCUT2D eigenvalue weighted by Crippen LogP contribution is 2.26. The van der Waals surface area contributed by atoms with Gasteiger partial charge in [0.2, 0.25) is 0 Å². The van der Waals surface area contributed by atoms with Crippen molar-refractivity contribution in [1.82, 2.24) is 0 Å². The first kappa shape index (κ1) is 16.9. The van der Waals surface area contributed by atoms with E-state index in [4.69, 9.17) is 4.74 Å². The monoisotopic (exact) mass is 329 g/mol. The number of nitrogens with zero attached hydrogens (tertiary/aromatic N) is 1. The number of anilines is 1. The van der Waals surface area contributed by atoms with Crippen molar-refractivity contribution in [2.75, 3.05) is 11.9 Å². The molecule has 2 rings (SSSR count). The molecule has 1 N–H and O–H groups in total. The van der Waals surface area contributed by atoms with E-state index in [1.54, 1.807) is 6.92 Å². The van der Waals surface area contributed by atoms with Crippen LogP contribution in [0.25, 0.3) is 0 Å². The van der Waals surface area contributed by atoms with E-state index in [0.29, 0.717) is 6.61 Å². The second-order valence-electron chi connectivity index (χ2n) is 4.69. The minimum absolute atomic E-state index is 0.109. The van der Waals surface area contributed by atoms with Crippen molar-refractivity contribution in [1.29, 1.82) is 0 Å². The highest BCUT2D eigenvalue weighted by atomic mass is 16.6. The van der Waals surface area contributed by atoms with Gasteiger partial charge in [-0.25, -0.2) is 0 Å². The van der Waals surface area contributed by atoms with Crippen LogP contribution in [0, 0.1) is 10.1 Å². The van der Waals surface area contributed by atoms with Gasteiger partial charge in [-0.15, -0.1) is 0 Å². The zero-order chi connectivity index (χ0) is 17.7. The summed E-state index contributed by atoms with van der Waals surface area (Å²) < 4.78 is 5.23. The van der Waals surface area contributed by atoms with Crippen LogP contribution in [-0.4, -0.2) is 23.4 Å². The number of nitro benzene ring substituents is 1. The van der Waals surface area contributed by atoms with Gasteiger partial charge in [0.25, 0.3) is 11.6 Å². The van der Waals surface area contributed by atoms with E-state index in [9.17, 15) is 24.8 Å². The first-order chi connectivity index (χ1) is 11.4. The highest BCUT2D eigenvalue weighted by molar-refractivity contribution is 6.10. The molecule has 8 nitrogen and oxygen atoms in total. The summed E-state index contributed by atoms with van der Waals surface area (Å²) >= 11 is 0. The predicted molar refractivity (Wildman–Crippen MR) is 83.0 cm³/mol. The normalized spacial score (nSPS) is 10.0. The zero-order valence-electron chi connectivity index (χ0n) is 12.6. The molecule has 0 aliphatic rings. The first-order valence-electron chi connectivity index (χ1n) is 6.96. The third-order valence-corrected chi connectivity index (χ3v) is 3.06. The summed E-state index contributed by atoms with van der Waals surface area (Å²) in [4.78, 5) is 33.7. The number of hydrogen-bond donors (Lipinski definition) is 1. The van der Waals surface area contributed by atoms with Gasteiger partial charge in [0.1, 0.15) is 5.75 Å². The number of benzene rings is 2. The molecule has 124 valence electrons. The lowest BCUT2D eigenvalue weighted by molar-refractivity contribution is -0.384. The number of aromatic carboxylic acids is 1. The number of hydrogen-bond acceptors (Lipinski definition) is 6. The second kappa shape index (κ2) is 7.23. The summed E-state index contributed by atoms with van der Waals surface area (Å²) in [6, 6.07) is 9.32. The van der Waals surface area contributed by atoms with Gasteiger partial charge in [0.05, 0.1) is 29.3 Å². The summed E-state index contributed by atoms with van der Waals surface area (Å²) in [6.07, 6.45) is 0. The average molecular weight is 329 g/mol. The van der Waals surface area contributed by atoms with E-state index in [-0.39, 0.29) is 28.3 Å². The molecule has 0 heterocycles. The topological polar surface area (TPSA) is 122 Å². The summed E-state index contributed by atoms with van der Waals surface area (Å²) in [5, 5.41) is 24.5. The molecule has 0 spiro atoms. The average Bonchev–Trinajstić information content (AvgIpc) is 2.54. The number of amides is 1. The number of carbonyl (C=O) groups is 2. The lowest BCUT2D eigenvalue weighted by atomic mass is 10.1. The van der Waals surface area contributed by atoms with E-state index < -0.39 is 16.8 Å². The first-order valence-corrected chi connectivity index (χ1v) is 6.96. The molecule has 0 saturated carbocycles. The highest BCUT2D eigenvalue weighted by Gasteiger charge is 2.15. The Morgan fingerprint density at radius 2 is 1.83 bits per heavy atom. The number of ether oxygens (including phenoxy) is 1. The molecule has 2 aromatic rings. The molecule has 0 aliphatic carbocycles. The molecule has 1 amide bonds. The van der Waals surface area contributed by atoms with Crippen LogP contribution in [0.2, 0.25) is 0 Å². The van der Waals surface area contributed by atoms with Crippen molar-refractivity contribution in [2.45, 2.75) is 6.92 Å². The number of non-ortho nitro benzene ring substituents is 1. The van der Waals surface area contributed by atoms with Crippen molar-refractivity contribution in [2.24, 2.45) is 0 Å². The quantitative estimate of drug-likeness (QED) is 0.634. The minimum Gasteiger partial charge on any atom is -0.545 e. The van der Waals surface area contributed by atoms with Crippen molar-refractivity contribution < 1.29 is 24.4 Å². The van der Waals surface area contributed by atoms with Crippen molar-refractivity contribution in [3.63, 3.8) is 0 Å². The van der Waals surface area contributed by atoms with Crippen LogP contribution < -0.4 is 15.2 Å². The Morgan fingerprint density at radius 1 is 1.17 bits per heavy atom. The van der Waals surface area contributed by atoms with E-state index in [2.05, 4.69) is 5.32 Å². The standard InChI is InChI=1S/C16H14N2O6/c1-2-24-12-8-10(7-11(9-12)18(22)23)17-15(19)13-5-3-4-6-14(13)16(20)21/h3-9H,2H2,1H3,(H,17,19)(H,20,21)/p-1. The smallest absolute Gasteiger partial charge is 0.275 e. The fourth-order valence-corrected chi connectivity index (χ4v) is 2.07. The molecule has 0 aromatic heterocycles. The summed E-state index contributed by atoms with van der Waals surface area (Å²) in [5.41, 5.74) is -0.525. The van der Waals surface area contributed by atoms with Crippen LogP contribution in [0.4, 0.5) is 11.4 Å². The van der Waals surface area contributed by atoms with Gasteiger partial charge in [-0.05, 0) is 13.0 Å². The number of carboxylic acid groups (broad SMARTS) is 1. The fourth-order valence-electron chi connectivity index (χ4n) is 2.07. The van der Waals surface area contributed by atoms with E-state index in [1.165, 1.54) is 36.4 Å². The van der Waals surface area contributed by atoms with Gasteiger partial charge in [-0.1, -0.05) is 18.2 Å². The maximum Gasteiger partial charge on any atom is 0.275 e. The maximum absolute atomic E-state index is 12.3. The predicted octanol–water partition coefficient (Wildman–Crippen LogP) is 1.61. The summed E-state index contributed by atoms with van der Waals surface area (Å²) in [5.74, 6) is -2.00. The molecule has 24 heavy (non-hydrogen) atoms. The van der Waals surface area contributed by atoms with Gasteiger partial charge >= 0.3 is 0 Å². The number of rotatable bonds is 6. The number of nitro groups is 1. The molecule has 2 aromatic carbocycles. The molecular formula is C16H13N2O6-. The molecule has 0 radical (unpaired) electrons. The second-order valence-corrected chi connectivity index (χ2v) is 4.69. The van der Waals surface area contributed by atoms with Crippen LogP contribution in [0.1, 0.15) is 27.6 Å². The molecule has 0 aliphatic heterocycles. The van der Waals surface area contributed by atoms with Crippen molar-refractivity contribution in [3.05, 3.63) is 63.7 Å². The molecule has 0 unspecified atom stereocenters. The summed E-state index contributed by atoms with van der Waals surface area (Å²) in [7, 11) is 0. The van der Waals surface area contributed by atoms with Gasteiger partial charge in [0, 0.05) is 23.3 Å². The van der Waals surface area contributed by atoms with E-state index in [1.807, 2.05) is 0 Å². The minimum atomic E-state index is -1.49. The Morgan fingerprint density at radius 3 is 2.42 bits per heavy atom. The zero-order valence-corrected chi connectivity index (χ0v) is 12.6. The Hall–Kier alpha value is -3.42. The van der Waals surface area contributed by atoms with Crippen LogP contribution in [-0.2, 0) is 0 Å². The van der Waals surface area contributed by atoms with E-state index >= 15 is 0 Å². The number of carboxylic acids is 1. The van der Waals surface area contributed by atoms with Gasteiger partial charge in [-0.3, -0.25) is 14.9 Å². The van der Waals surface area contributed by atoms with Gasteiger partial charge in [-0.2, -0.15) is 0 Å². The Labute approximate surface area is 136 Å². The van der Waals surface area contributed by atoms with Gasteiger partial charge in [0.15, 0.2) is 0 Å². The molecule has 0 bridgehead atoms. The van der Waals surface area contributed by atoms with Crippen LogP contribution in [0.3, 0.4) is 0 Å².